The standard InChI is InChI=1S/C37H35N3O5S/c1-26-15-20-30(23-35(26)46(43,44)40-21-9-2-3-10-22-40)38-36(41)25-45-37(42)32-24-34(39-33-14-8-7-13-31(32)33)29-18-16-28(17-19-29)27-11-5-4-6-12-27/h4-8,11-20,23-24H,2-3,9-10,21-22,25H2,1H3,(H,38,41). The van der Waals surface area contributed by atoms with Crippen LogP contribution in [-0.2, 0) is 19.6 Å². The van der Waals surface area contributed by atoms with E-state index in [-0.39, 0.29) is 4.90 Å². The van der Waals surface area contributed by atoms with Crippen molar-refractivity contribution in [3.8, 4) is 22.4 Å². The van der Waals surface area contributed by atoms with Crippen LogP contribution in [0.3, 0.4) is 0 Å². The molecule has 1 saturated heterocycles. The maximum absolute atomic E-state index is 13.4. The van der Waals surface area contributed by atoms with Crippen LogP contribution < -0.4 is 5.32 Å². The first kappa shape index (κ1) is 31.1. The summed E-state index contributed by atoms with van der Waals surface area (Å²) in [6.07, 6.45) is 3.68. The number of carbonyl (C=O) groups excluding carboxylic acids is 2. The number of rotatable bonds is 8. The Morgan fingerprint density at radius 3 is 2.17 bits per heavy atom. The van der Waals surface area contributed by atoms with Gasteiger partial charge < -0.3 is 10.1 Å². The number of nitrogens with one attached hydrogen (secondary N) is 1. The smallest absolute Gasteiger partial charge is 0.339 e. The molecule has 0 radical (unpaired) electrons. The topological polar surface area (TPSA) is 106 Å². The van der Waals surface area contributed by atoms with Crippen molar-refractivity contribution in [1.29, 1.82) is 0 Å². The number of aryl methyl sites for hydroxylation is 1. The highest BCUT2D eigenvalue weighted by atomic mass is 32.2. The second-order valence-electron chi connectivity index (χ2n) is 11.4. The summed E-state index contributed by atoms with van der Waals surface area (Å²) in [4.78, 5) is 31.2. The van der Waals surface area contributed by atoms with Gasteiger partial charge in [0.2, 0.25) is 10.0 Å². The van der Waals surface area contributed by atoms with E-state index < -0.39 is 28.5 Å². The highest BCUT2D eigenvalue weighted by Gasteiger charge is 2.27. The molecule has 1 aromatic heterocycles. The third kappa shape index (κ3) is 6.85. The first-order valence-corrected chi connectivity index (χ1v) is 16.9. The third-order valence-electron chi connectivity index (χ3n) is 8.21. The van der Waals surface area contributed by atoms with Gasteiger partial charge in [0, 0.05) is 29.7 Å². The van der Waals surface area contributed by atoms with Crippen LogP contribution in [0.1, 0.15) is 41.6 Å². The highest BCUT2D eigenvalue weighted by Crippen LogP contribution is 2.29. The molecule has 8 nitrogen and oxygen atoms in total. The molecule has 46 heavy (non-hydrogen) atoms. The van der Waals surface area contributed by atoms with Crippen LogP contribution in [0, 0.1) is 6.92 Å². The molecule has 9 heteroatoms. The predicted octanol–water partition coefficient (Wildman–Crippen LogP) is 7.24. The number of benzene rings is 4. The molecule has 1 fully saturated rings. The Morgan fingerprint density at radius 1 is 0.783 bits per heavy atom. The average Bonchev–Trinajstić information content (AvgIpc) is 3.39. The fourth-order valence-corrected chi connectivity index (χ4v) is 7.51. The lowest BCUT2D eigenvalue weighted by molar-refractivity contribution is -0.119. The molecule has 234 valence electrons. The predicted molar refractivity (Wildman–Crippen MR) is 180 cm³/mol. The minimum atomic E-state index is -3.71. The van der Waals surface area contributed by atoms with E-state index in [4.69, 9.17) is 9.72 Å². The maximum atomic E-state index is 13.4. The number of pyridine rings is 1. The largest absolute Gasteiger partial charge is 0.452 e. The summed E-state index contributed by atoms with van der Waals surface area (Å²) in [5.74, 6) is -1.24. The number of aromatic nitrogens is 1. The number of hydrogen-bond acceptors (Lipinski definition) is 6. The zero-order valence-corrected chi connectivity index (χ0v) is 26.4. The molecule has 0 bridgehead atoms. The Labute approximate surface area is 269 Å². The third-order valence-corrected chi connectivity index (χ3v) is 10.3. The Bertz CT molecular complexity index is 1990. The quantitative estimate of drug-likeness (QED) is 0.181. The molecule has 0 atom stereocenters. The normalized spacial score (nSPS) is 14.0. The van der Waals surface area contributed by atoms with Crippen molar-refractivity contribution in [2.45, 2.75) is 37.5 Å². The number of carbonyl (C=O) groups is 2. The number of para-hydroxylation sites is 1. The van der Waals surface area contributed by atoms with Crippen molar-refractivity contribution < 1.29 is 22.7 Å². The Balaban J connectivity index is 1.17. The van der Waals surface area contributed by atoms with Crippen LogP contribution >= 0.6 is 0 Å². The Morgan fingerprint density at radius 2 is 1.43 bits per heavy atom. The van der Waals surface area contributed by atoms with Gasteiger partial charge in [-0.25, -0.2) is 18.2 Å². The molecule has 0 aliphatic carbocycles. The molecule has 1 amide bonds. The summed E-state index contributed by atoms with van der Waals surface area (Å²) in [5.41, 5.74) is 5.44. The van der Waals surface area contributed by atoms with Gasteiger partial charge in [-0.1, -0.05) is 91.7 Å². The lowest BCUT2D eigenvalue weighted by Crippen LogP contribution is -2.32. The van der Waals surface area contributed by atoms with Crippen LogP contribution in [0.2, 0.25) is 0 Å². The molecular weight excluding hydrogens is 598 g/mol. The fraction of sp³-hybridized carbons (Fsp3) is 0.216. The van der Waals surface area contributed by atoms with Crippen LogP contribution in [0.4, 0.5) is 5.69 Å². The van der Waals surface area contributed by atoms with Gasteiger partial charge in [-0.2, -0.15) is 4.31 Å². The first-order valence-electron chi connectivity index (χ1n) is 15.4. The minimum Gasteiger partial charge on any atom is -0.452 e. The number of fused-ring (bicyclic) bond motifs is 1. The molecule has 0 unspecified atom stereocenters. The fourth-order valence-electron chi connectivity index (χ4n) is 5.74. The van der Waals surface area contributed by atoms with E-state index in [1.807, 2.05) is 72.8 Å². The van der Waals surface area contributed by atoms with Crippen LogP contribution in [0.5, 0.6) is 0 Å². The molecule has 1 aliphatic heterocycles. The second kappa shape index (κ2) is 13.6. The zero-order valence-electron chi connectivity index (χ0n) is 25.6. The van der Waals surface area contributed by atoms with Crippen molar-refractivity contribution >= 4 is 38.5 Å². The number of amides is 1. The van der Waals surface area contributed by atoms with Gasteiger partial charge in [0.1, 0.15) is 0 Å². The van der Waals surface area contributed by atoms with Crippen LogP contribution in [0.25, 0.3) is 33.3 Å². The van der Waals surface area contributed by atoms with Crippen LogP contribution in [-0.4, -0.2) is 49.3 Å². The summed E-state index contributed by atoms with van der Waals surface area (Å²) < 4.78 is 33.8. The number of ether oxygens (including phenoxy) is 1. The molecule has 4 aromatic carbocycles. The molecule has 1 N–H and O–H groups in total. The van der Waals surface area contributed by atoms with Gasteiger partial charge in [0.15, 0.2) is 6.61 Å². The van der Waals surface area contributed by atoms with Crippen molar-refractivity contribution in [3.05, 3.63) is 114 Å². The van der Waals surface area contributed by atoms with Gasteiger partial charge >= 0.3 is 5.97 Å². The summed E-state index contributed by atoms with van der Waals surface area (Å²) in [6, 6.07) is 31.8. The number of sulfonamides is 1. The SMILES string of the molecule is Cc1ccc(NC(=O)COC(=O)c2cc(-c3ccc(-c4ccccc4)cc3)nc3ccccc23)cc1S(=O)(=O)N1CCCCCC1. The summed E-state index contributed by atoms with van der Waals surface area (Å²) >= 11 is 0. The van der Waals surface area contributed by atoms with E-state index in [0.717, 1.165) is 42.4 Å². The lowest BCUT2D eigenvalue weighted by Gasteiger charge is -2.21. The molecule has 1 aliphatic rings. The number of hydrogen-bond donors (Lipinski definition) is 1. The molecule has 2 heterocycles. The Hall–Kier alpha value is -4.86. The van der Waals surface area contributed by atoms with E-state index in [9.17, 15) is 18.0 Å². The minimum absolute atomic E-state index is 0.164. The number of esters is 1. The monoisotopic (exact) mass is 633 g/mol. The van der Waals surface area contributed by atoms with Crippen molar-refractivity contribution in [2.24, 2.45) is 0 Å². The zero-order chi connectivity index (χ0) is 32.1. The van der Waals surface area contributed by atoms with Crippen molar-refractivity contribution in [1.82, 2.24) is 9.29 Å². The van der Waals surface area contributed by atoms with E-state index in [1.54, 1.807) is 31.2 Å². The van der Waals surface area contributed by atoms with Crippen molar-refractivity contribution in [3.63, 3.8) is 0 Å². The first-order chi connectivity index (χ1) is 22.3. The second-order valence-corrected chi connectivity index (χ2v) is 13.3. The molecule has 0 saturated carbocycles. The van der Waals surface area contributed by atoms with E-state index in [2.05, 4.69) is 5.32 Å². The maximum Gasteiger partial charge on any atom is 0.339 e. The lowest BCUT2D eigenvalue weighted by atomic mass is 10.0. The molecular formula is C37H35N3O5S. The van der Waals surface area contributed by atoms with Gasteiger partial charge in [-0.3, -0.25) is 4.79 Å². The summed E-state index contributed by atoms with van der Waals surface area (Å²) in [7, 11) is -3.71. The van der Waals surface area contributed by atoms with E-state index in [0.29, 0.717) is 46.5 Å². The Kier molecular flexibility index (Phi) is 9.23. The average molecular weight is 634 g/mol. The summed E-state index contributed by atoms with van der Waals surface area (Å²) in [6.45, 7) is 2.17. The summed E-state index contributed by atoms with van der Waals surface area (Å²) in [5, 5.41) is 3.30. The van der Waals surface area contributed by atoms with Gasteiger partial charge in [-0.05, 0) is 60.7 Å². The van der Waals surface area contributed by atoms with Gasteiger partial charge in [0.25, 0.3) is 5.91 Å². The molecule has 5 aromatic rings. The van der Waals surface area contributed by atoms with Gasteiger partial charge in [0.05, 0.1) is 21.7 Å². The number of nitrogens with zero attached hydrogens (tertiary/aromatic N) is 2. The molecule has 0 spiro atoms. The van der Waals surface area contributed by atoms with Crippen molar-refractivity contribution in [2.75, 3.05) is 25.0 Å². The van der Waals surface area contributed by atoms with Crippen LogP contribution in [0.15, 0.2) is 108 Å². The highest BCUT2D eigenvalue weighted by molar-refractivity contribution is 7.89. The van der Waals surface area contributed by atoms with Gasteiger partial charge in [-0.15, -0.1) is 0 Å². The molecule has 6 rings (SSSR count). The number of anilines is 1. The van der Waals surface area contributed by atoms with E-state index >= 15 is 0 Å². The van der Waals surface area contributed by atoms with E-state index in [1.165, 1.54) is 10.4 Å².